The molecule has 0 aromatic heterocycles. The van der Waals surface area contributed by atoms with Crippen molar-refractivity contribution < 1.29 is 17.9 Å². The summed E-state index contributed by atoms with van der Waals surface area (Å²) in [5.41, 5.74) is 0.616. The first-order chi connectivity index (χ1) is 12.8. The van der Waals surface area contributed by atoms with Gasteiger partial charge >= 0.3 is 0 Å². The van der Waals surface area contributed by atoms with E-state index in [0.717, 1.165) is 6.07 Å². The van der Waals surface area contributed by atoms with E-state index in [-0.39, 0.29) is 20.0 Å². The molecule has 0 aliphatic carbocycles. The lowest BCUT2D eigenvalue weighted by Crippen LogP contribution is -2.18. The van der Waals surface area contributed by atoms with E-state index < -0.39 is 10.0 Å². The molecule has 10 heteroatoms. The molecule has 2 aromatic carbocycles. The first-order valence-corrected chi connectivity index (χ1v) is 10.5. The summed E-state index contributed by atoms with van der Waals surface area (Å²) in [4.78, 5) is 1.86. The van der Waals surface area contributed by atoms with Crippen molar-refractivity contribution in [2.24, 2.45) is 5.10 Å². The monoisotopic (exact) mass is 450 g/mol. The molecule has 0 saturated heterocycles. The van der Waals surface area contributed by atoms with Gasteiger partial charge in [-0.05, 0) is 49.7 Å². The first-order valence-electron chi connectivity index (χ1n) is 7.87. The molecule has 0 unspecified atom stereocenters. The van der Waals surface area contributed by atoms with E-state index in [2.05, 4.69) is 9.93 Å². The topological polar surface area (TPSA) is 77.0 Å². The summed E-state index contributed by atoms with van der Waals surface area (Å²) in [5.74, 6) is 1.14. The summed E-state index contributed by atoms with van der Waals surface area (Å²) in [5, 5.41) is 3.93. The minimum atomic E-state index is -4.02. The lowest BCUT2D eigenvalue weighted by molar-refractivity contribution is 0.288. The van der Waals surface area contributed by atoms with Crippen LogP contribution in [0.4, 0.5) is 0 Å². The highest BCUT2D eigenvalue weighted by atomic mass is 35.5. The van der Waals surface area contributed by atoms with E-state index >= 15 is 0 Å². The molecule has 0 amide bonds. The summed E-state index contributed by atoms with van der Waals surface area (Å²) in [7, 11) is -4.02. The molecule has 1 N–H and O–H groups in total. The van der Waals surface area contributed by atoms with Crippen molar-refractivity contribution in [1.82, 2.24) is 4.83 Å². The average Bonchev–Trinajstić information content (AvgIpc) is 2.60. The van der Waals surface area contributed by atoms with E-state index in [1.807, 2.05) is 13.8 Å². The van der Waals surface area contributed by atoms with Crippen molar-refractivity contribution in [2.45, 2.75) is 18.7 Å². The van der Waals surface area contributed by atoms with Crippen molar-refractivity contribution in [3.63, 3.8) is 0 Å². The summed E-state index contributed by atoms with van der Waals surface area (Å²) >= 11 is 17.6. The number of nitrogens with one attached hydrogen (secondary N) is 1. The number of rotatable bonds is 8. The van der Waals surface area contributed by atoms with Gasteiger partial charge in [-0.1, -0.05) is 34.8 Å². The normalized spacial score (nSPS) is 11.6. The Morgan fingerprint density at radius 1 is 0.963 bits per heavy atom. The lowest BCUT2D eigenvalue weighted by Gasteiger charge is -2.11. The highest BCUT2D eigenvalue weighted by Gasteiger charge is 2.19. The molecule has 6 nitrogen and oxygen atoms in total. The van der Waals surface area contributed by atoms with Gasteiger partial charge in [0.15, 0.2) is 11.5 Å². The molecule has 0 atom stereocenters. The zero-order valence-corrected chi connectivity index (χ0v) is 17.6. The Kier molecular flexibility index (Phi) is 7.61. The Bertz CT molecular complexity index is 949. The number of hydrogen-bond donors (Lipinski definition) is 1. The van der Waals surface area contributed by atoms with Crippen LogP contribution >= 0.6 is 34.8 Å². The maximum atomic E-state index is 12.4. The second-order valence-corrected chi connectivity index (χ2v) is 7.97. The molecule has 0 radical (unpaired) electrons. The van der Waals surface area contributed by atoms with Crippen molar-refractivity contribution >= 4 is 51.0 Å². The summed E-state index contributed by atoms with van der Waals surface area (Å²) < 4.78 is 35.7. The van der Waals surface area contributed by atoms with Crippen LogP contribution in [0.1, 0.15) is 19.4 Å². The van der Waals surface area contributed by atoms with Gasteiger partial charge in [-0.25, -0.2) is 4.83 Å². The predicted octanol–water partition coefficient (Wildman–Crippen LogP) is 4.76. The third-order valence-corrected chi connectivity index (χ3v) is 5.63. The predicted molar refractivity (Wildman–Crippen MR) is 108 cm³/mol. The van der Waals surface area contributed by atoms with Crippen molar-refractivity contribution in [3.05, 3.63) is 51.0 Å². The van der Waals surface area contributed by atoms with Crippen molar-refractivity contribution in [1.29, 1.82) is 0 Å². The molecule has 0 aliphatic rings. The number of hydrazone groups is 1. The van der Waals surface area contributed by atoms with Crippen LogP contribution in [0.25, 0.3) is 0 Å². The van der Waals surface area contributed by atoms with Gasteiger partial charge in [0.25, 0.3) is 10.0 Å². The number of ether oxygens (including phenoxy) is 2. The van der Waals surface area contributed by atoms with E-state index in [0.29, 0.717) is 30.3 Å². The van der Waals surface area contributed by atoms with Gasteiger partial charge in [0.2, 0.25) is 0 Å². The quantitative estimate of drug-likeness (QED) is 0.357. The van der Waals surface area contributed by atoms with E-state index in [4.69, 9.17) is 44.3 Å². The number of nitrogens with zero attached hydrogens (tertiary/aromatic N) is 1. The minimum absolute atomic E-state index is 0.0631. The van der Waals surface area contributed by atoms with Crippen LogP contribution < -0.4 is 14.3 Å². The Morgan fingerprint density at radius 2 is 1.59 bits per heavy atom. The van der Waals surface area contributed by atoms with E-state index in [1.165, 1.54) is 12.3 Å². The molecule has 2 aromatic rings. The molecular formula is C17H17Cl3N2O4S. The van der Waals surface area contributed by atoms with Crippen LogP contribution in [0, 0.1) is 0 Å². The fourth-order valence-corrected chi connectivity index (χ4v) is 3.87. The average molecular weight is 452 g/mol. The largest absolute Gasteiger partial charge is 0.490 e. The number of halogens is 3. The van der Waals surface area contributed by atoms with Gasteiger partial charge in [-0.2, -0.15) is 13.5 Å². The molecule has 0 bridgehead atoms. The maximum absolute atomic E-state index is 12.4. The standard InChI is InChI=1S/C17H17Cl3N2O4S/c1-3-25-15-6-5-11(7-16(15)26-4-2)10-21-22-27(23,24)17-9-13(19)12(18)8-14(17)20/h5-10,22H,3-4H2,1-2H3/b21-10-. The molecule has 146 valence electrons. The van der Waals surface area contributed by atoms with Crippen LogP contribution in [-0.4, -0.2) is 27.8 Å². The zero-order valence-electron chi connectivity index (χ0n) is 14.5. The fourth-order valence-electron chi connectivity index (χ4n) is 2.08. The van der Waals surface area contributed by atoms with Crippen LogP contribution in [0.2, 0.25) is 15.1 Å². The Balaban J connectivity index is 2.21. The molecule has 0 heterocycles. The third-order valence-electron chi connectivity index (χ3n) is 3.22. The van der Waals surface area contributed by atoms with Crippen LogP contribution in [-0.2, 0) is 10.0 Å². The highest BCUT2D eigenvalue weighted by Crippen LogP contribution is 2.31. The van der Waals surface area contributed by atoms with Crippen LogP contribution in [0.5, 0.6) is 11.5 Å². The molecule has 0 aliphatic heterocycles. The first kappa shape index (κ1) is 21.6. The second kappa shape index (κ2) is 9.50. The van der Waals surface area contributed by atoms with Crippen molar-refractivity contribution in [2.75, 3.05) is 13.2 Å². The minimum Gasteiger partial charge on any atom is -0.490 e. The molecule has 2 rings (SSSR count). The third kappa shape index (κ3) is 5.65. The summed E-state index contributed by atoms with van der Waals surface area (Å²) in [6, 6.07) is 7.55. The number of sulfonamides is 1. The number of benzene rings is 2. The zero-order chi connectivity index (χ0) is 20.0. The van der Waals surface area contributed by atoms with Gasteiger partial charge < -0.3 is 9.47 Å². The molecule has 0 saturated carbocycles. The Hall–Kier alpha value is -1.67. The highest BCUT2D eigenvalue weighted by molar-refractivity contribution is 7.89. The van der Waals surface area contributed by atoms with Gasteiger partial charge in [-0.15, -0.1) is 0 Å². The Labute approximate surface area is 173 Å². The summed E-state index contributed by atoms with van der Waals surface area (Å²) in [6.07, 6.45) is 1.33. The lowest BCUT2D eigenvalue weighted by atomic mass is 10.2. The molecule has 0 spiro atoms. The number of hydrogen-bond acceptors (Lipinski definition) is 5. The van der Waals surface area contributed by atoms with Crippen LogP contribution in [0.3, 0.4) is 0 Å². The molecular weight excluding hydrogens is 435 g/mol. The van der Waals surface area contributed by atoms with Gasteiger partial charge in [0, 0.05) is 0 Å². The second-order valence-electron chi connectivity index (χ2n) is 5.12. The van der Waals surface area contributed by atoms with Gasteiger partial charge in [0.1, 0.15) is 4.90 Å². The summed E-state index contributed by atoms with van der Waals surface area (Å²) in [6.45, 7) is 4.68. The van der Waals surface area contributed by atoms with E-state index in [9.17, 15) is 8.42 Å². The van der Waals surface area contributed by atoms with Crippen LogP contribution in [0.15, 0.2) is 40.3 Å². The van der Waals surface area contributed by atoms with Gasteiger partial charge in [-0.3, -0.25) is 0 Å². The Morgan fingerprint density at radius 3 is 2.26 bits per heavy atom. The maximum Gasteiger partial charge on any atom is 0.278 e. The molecule has 27 heavy (non-hydrogen) atoms. The van der Waals surface area contributed by atoms with Crippen molar-refractivity contribution in [3.8, 4) is 11.5 Å². The van der Waals surface area contributed by atoms with E-state index in [1.54, 1.807) is 18.2 Å². The smallest absolute Gasteiger partial charge is 0.278 e. The fraction of sp³-hybridized carbons (Fsp3) is 0.235. The SMILES string of the molecule is CCOc1ccc(/C=N\NS(=O)(=O)c2cc(Cl)c(Cl)cc2Cl)cc1OCC. The van der Waals surface area contributed by atoms with Gasteiger partial charge in [0.05, 0.1) is 34.5 Å². The molecule has 0 fully saturated rings.